The molecule has 1 atom stereocenters. The van der Waals surface area contributed by atoms with Gasteiger partial charge in [-0.15, -0.1) is 0 Å². The van der Waals surface area contributed by atoms with Gasteiger partial charge in [-0.25, -0.2) is 12.8 Å². The quantitative estimate of drug-likeness (QED) is 0.405. The number of ether oxygens (including phenoxy) is 1. The van der Waals surface area contributed by atoms with Gasteiger partial charge in [0, 0.05) is 31.6 Å². The molecule has 0 radical (unpaired) electrons. The van der Waals surface area contributed by atoms with Crippen molar-refractivity contribution in [1.82, 2.24) is 10.2 Å². The maximum atomic E-state index is 13.5. The number of nitrogens with one attached hydrogen (secondary N) is 1. The fourth-order valence-electron chi connectivity index (χ4n) is 4.84. The molecule has 1 aliphatic carbocycles. The van der Waals surface area contributed by atoms with Crippen molar-refractivity contribution in [2.45, 2.75) is 70.5 Å². The number of anilines is 1. The highest BCUT2D eigenvalue weighted by Crippen LogP contribution is 2.24. The predicted molar refractivity (Wildman–Crippen MR) is 146 cm³/mol. The fourth-order valence-corrected chi connectivity index (χ4v) is 5.80. The van der Waals surface area contributed by atoms with Crippen molar-refractivity contribution in [3.05, 3.63) is 59.9 Å². The van der Waals surface area contributed by atoms with Crippen molar-refractivity contribution in [3.8, 4) is 5.75 Å². The Morgan fingerprint density at radius 2 is 1.82 bits per heavy atom. The van der Waals surface area contributed by atoms with E-state index in [2.05, 4.69) is 5.32 Å². The standard InChI is InChI=1S/C28H38FN3O5S/c1-4-26(28(34)30-23-9-5-6-10-23)31(20-21-14-16-22(29)17-15-21)27(33)13-8-18-32(38(3,35)36)24-11-7-12-25(19-24)37-2/h7,11-12,14-17,19,23,26H,4-6,8-10,13,18,20H2,1-3H3,(H,30,34). The lowest BCUT2D eigenvalue weighted by Gasteiger charge is -2.32. The molecule has 1 saturated carbocycles. The molecule has 8 nitrogen and oxygen atoms in total. The molecule has 2 amide bonds. The highest BCUT2D eigenvalue weighted by atomic mass is 32.2. The number of amides is 2. The van der Waals surface area contributed by atoms with Gasteiger partial charge in [-0.2, -0.15) is 0 Å². The number of benzene rings is 2. The first kappa shape index (κ1) is 29.4. The first-order valence-electron chi connectivity index (χ1n) is 13.1. The molecule has 0 bridgehead atoms. The normalized spacial score (nSPS) is 14.6. The predicted octanol–water partition coefficient (Wildman–Crippen LogP) is 4.25. The second-order valence-electron chi connectivity index (χ2n) is 9.70. The van der Waals surface area contributed by atoms with Crippen molar-refractivity contribution in [1.29, 1.82) is 0 Å². The van der Waals surface area contributed by atoms with Gasteiger partial charge in [0.2, 0.25) is 21.8 Å². The van der Waals surface area contributed by atoms with Gasteiger partial charge >= 0.3 is 0 Å². The Morgan fingerprint density at radius 3 is 2.42 bits per heavy atom. The second-order valence-corrected chi connectivity index (χ2v) is 11.6. The van der Waals surface area contributed by atoms with E-state index in [0.29, 0.717) is 23.4 Å². The molecule has 0 aromatic heterocycles. The second kappa shape index (κ2) is 13.6. The van der Waals surface area contributed by atoms with Crippen LogP contribution in [0.1, 0.15) is 57.4 Å². The summed E-state index contributed by atoms with van der Waals surface area (Å²) in [6, 6.07) is 12.0. The van der Waals surface area contributed by atoms with Gasteiger partial charge in [0.05, 0.1) is 19.1 Å². The smallest absolute Gasteiger partial charge is 0.243 e. The number of carbonyl (C=O) groups is 2. The number of hydrogen-bond acceptors (Lipinski definition) is 5. The maximum absolute atomic E-state index is 13.5. The minimum Gasteiger partial charge on any atom is -0.497 e. The Bertz CT molecular complexity index is 1180. The zero-order chi connectivity index (χ0) is 27.7. The number of nitrogens with zero attached hydrogens (tertiary/aromatic N) is 2. The molecular weight excluding hydrogens is 509 g/mol. The van der Waals surface area contributed by atoms with Gasteiger partial charge in [0.25, 0.3) is 0 Å². The summed E-state index contributed by atoms with van der Waals surface area (Å²) in [6.07, 6.45) is 5.85. The molecule has 38 heavy (non-hydrogen) atoms. The number of rotatable bonds is 13. The third kappa shape index (κ3) is 8.18. The van der Waals surface area contributed by atoms with E-state index in [4.69, 9.17) is 4.74 Å². The first-order chi connectivity index (χ1) is 18.1. The Kier molecular flexibility index (Phi) is 10.5. The number of carbonyl (C=O) groups excluding carboxylic acids is 2. The molecule has 3 rings (SSSR count). The molecule has 208 valence electrons. The van der Waals surface area contributed by atoms with Crippen LogP contribution in [-0.4, -0.2) is 57.1 Å². The van der Waals surface area contributed by atoms with Crippen LogP contribution < -0.4 is 14.4 Å². The van der Waals surface area contributed by atoms with E-state index in [1.807, 2.05) is 6.92 Å². The van der Waals surface area contributed by atoms with Gasteiger partial charge in [-0.3, -0.25) is 13.9 Å². The minimum atomic E-state index is -3.61. The van der Waals surface area contributed by atoms with Crippen LogP contribution in [0, 0.1) is 5.82 Å². The van der Waals surface area contributed by atoms with Crippen LogP contribution in [0.15, 0.2) is 48.5 Å². The van der Waals surface area contributed by atoms with Crippen molar-refractivity contribution in [2.75, 3.05) is 24.2 Å². The lowest BCUT2D eigenvalue weighted by Crippen LogP contribution is -2.51. The van der Waals surface area contributed by atoms with Gasteiger partial charge in [-0.1, -0.05) is 38.0 Å². The number of halogens is 1. The van der Waals surface area contributed by atoms with Crippen molar-refractivity contribution in [3.63, 3.8) is 0 Å². The summed E-state index contributed by atoms with van der Waals surface area (Å²) >= 11 is 0. The lowest BCUT2D eigenvalue weighted by molar-refractivity contribution is -0.141. The van der Waals surface area contributed by atoms with E-state index in [-0.39, 0.29) is 49.6 Å². The summed E-state index contributed by atoms with van der Waals surface area (Å²) in [5.74, 6) is -0.307. The van der Waals surface area contributed by atoms with E-state index in [0.717, 1.165) is 31.9 Å². The largest absolute Gasteiger partial charge is 0.497 e. The van der Waals surface area contributed by atoms with Crippen molar-refractivity contribution in [2.24, 2.45) is 0 Å². The molecule has 2 aromatic carbocycles. The van der Waals surface area contributed by atoms with Gasteiger partial charge < -0.3 is 15.0 Å². The van der Waals surface area contributed by atoms with Gasteiger partial charge in [0.15, 0.2) is 0 Å². The van der Waals surface area contributed by atoms with E-state index in [9.17, 15) is 22.4 Å². The zero-order valence-electron chi connectivity index (χ0n) is 22.4. The van der Waals surface area contributed by atoms with Crippen LogP contribution in [0.2, 0.25) is 0 Å². The third-order valence-electron chi connectivity index (χ3n) is 6.85. The third-order valence-corrected chi connectivity index (χ3v) is 8.04. The highest BCUT2D eigenvalue weighted by Gasteiger charge is 2.30. The molecule has 1 fully saturated rings. The number of hydrogen-bond donors (Lipinski definition) is 1. The summed E-state index contributed by atoms with van der Waals surface area (Å²) in [7, 11) is -2.10. The zero-order valence-corrected chi connectivity index (χ0v) is 23.2. The van der Waals surface area contributed by atoms with Gasteiger partial charge in [0.1, 0.15) is 17.6 Å². The summed E-state index contributed by atoms with van der Waals surface area (Å²) in [5, 5.41) is 3.09. The Labute approximate surface area is 225 Å². The summed E-state index contributed by atoms with van der Waals surface area (Å²) in [4.78, 5) is 28.3. The average Bonchev–Trinajstić information content (AvgIpc) is 3.39. The van der Waals surface area contributed by atoms with Crippen LogP contribution in [-0.2, 0) is 26.2 Å². The van der Waals surface area contributed by atoms with Crippen LogP contribution >= 0.6 is 0 Å². The minimum absolute atomic E-state index is 0.0460. The Morgan fingerprint density at radius 1 is 1.13 bits per heavy atom. The summed E-state index contributed by atoms with van der Waals surface area (Å²) < 4.78 is 45.0. The molecular formula is C28H38FN3O5S. The Hall–Kier alpha value is -3.14. The fraction of sp³-hybridized carbons (Fsp3) is 0.500. The number of sulfonamides is 1. The van der Waals surface area contributed by atoms with Crippen molar-refractivity contribution < 1.29 is 27.1 Å². The lowest BCUT2D eigenvalue weighted by atomic mass is 10.1. The topological polar surface area (TPSA) is 96.0 Å². The molecule has 1 unspecified atom stereocenters. The molecule has 10 heteroatoms. The SMILES string of the molecule is CCC(C(=O)NC1CCCC1)N(Cc1ccc(F)cc1)C(=O)CCCN(c1cccc(OC)c1)S(C)(=O)=O. The van der Waals surface area contributed by atoms with E-state index < -0.39 is 16.1 Å². The van der Waals surface area contributed by atoms with Crippen LogP contribution in [0.4, 0.5) is 10.1 Å². The molecule has 0 aliphatic heterocycles. The number of methoxy groups -OCH3 is 1. The van der Waals surface area contributed by atoms with Crippen LogP contribution in [0.25, 0.3) is 0 Å². The van der Waals surface area contributed by atoms with E-state index in [1.54, 1.807) is 36.4 Å². The summed E-state index contributed by atoms with van der Waals surface area (Å²) in [5.41, 5.74) is 1.16. The van der Waals surface area contributed by atoms with E-state index >= 15 is 0 Å². The first-order valence-corrected chi connectivity index (χ1v) is 14.9. The average molecular weight is 548 g/mol. The molecule has 0 heterocycles. The molecule has 0 spiro atoms. The maximum Gasteiger partial charge on any atom is 0.243 e. The Balaban J connectivity index is 1.75. The van der Waals surface area contributed by atoms with Crippen LogP contribution in [0.3, 0.4) is 0 Å². The van der Waals surface area contributed by atoms with Crippen molar-refractivity contribution >= 4 is 27.5 Å². The molecule has 1 N–H and O–H groups in total. The monoisotopic (exact) mass is 547 g/mol. The van der Waals surface area contributed by atoms with E-state index in [1.165, 1.54) is 28.4 Å². The highest BCUT2D eigenvalue weighted by molar-refractivity contribution is 7.92. The molecule has 2 aromatic rings. The van der Waals surface area contributed by atoms with Gasteiger partial charge in [-0.05, 0) is 55.5 Å². The molecule has 1 aliphatic rings. The van der Waals surface area contributed by atoms with Crippen LogP contribution in [0.5, 0.6) is 5.75 Å². The molecule has 0 saturated heterocycles. The summed E-state index contributed by atoms with van der Waals surface area (Å²) in [6.45, 7) is 2.10.